The van der Waals surface area contributed by atoms with E-state index in [0.29, 0.717) is 5.41 Å². The molecule has 1 unspecified atom stereocenters. The van der Waals surface area contributed by atoms with Crippen LogP contribution in [0.5, 0.6) is 0 Å². The first-order chi connectivity index (χ1) is 9.10. The monoisotopic (exact) mass is 264 g/mol. The van der Waals surface area contributed by atoms with E-state index in [1.807, 2.05) is 14.0 Å². The second kappa shape index (κ2) is 5.08. The van der Waals surface area contributed by atoms with Crippen molar-refractivity contribution in [3.8, 4) is 0 Å². The van der Waals surface area contributed by atoms with Crippen molar-refractivity contribution in [2.45, 2.75) is 45.4 Å². The van der Waals surface area contributed by atoms with Crippen LogP contribution in [0.3, 0.4) is 0 Å². The zero-order valence-corrected chi connectivity index (χ0v) is 12.4. The van der Waals surface area contributed by atoms with Gasteiger partial charge in [0.15, 0.2) is 0 Å². The first kappa shape index (κ1) is 13.4. The number of hydrogen-bond acceptors (Lipinski definition) is 2. The van der Waals surface area contributed by atoms with E-state index in [1.165, 1.54) is 38.5 Å². The van der Waals surface area contributed by atoms with Crippen LogP contribution in [-0.2, 0) is 4.79 Å². The third-order valence-corrected chi connectivity index (χ3v) is 5.76. The summed E-state index contributed by atoms with van der Waals surface area (Å²) in [6.07, 6.45) is 8.55. The number of carbonyl (C=O) groups excluding carboxylic acids is 1. The molecular weight excluding hydrogens is 236 g/mol. The largest absolute Gasteiger partial charge is 0.355 e. The summed E-state index contributed by atoms with van der Waals surface area (Å²) in [4.78, 5) is 12.1. The average molecular weight is 264 g/mol. The molecule has 0 aromatic heterocycles. The summed E-state index contributed by atoms with van der Waals surface area (Å²) in [7, 11) is 1.91. The van der Waals surface area contributed by atoms with Gasteiger partial charge in [-0.25, -0.2) is 0 Å². The molecule has 4 fully saturated rings. The van der Waals surface area contributed by atoms with Gasteiger partial charge in [-0.1, -0.05) is 6.92 Å². The number of amides is 1. The summed E-state index contributed by atoms with van der Waals surface area (Å²) in [6, 6.07) is 0. The van der Waals surface area contributed by atoms with Gasteiger partial charge in [-0.3, -0.25) is 4.79 Å². The standard InChI is InChI=1S/C16H28N2O/c1-11(9-17-2)15(19)18-10-16-6-12-3-13(7-16)5-14(4-12)8-16/h11-14,17H,3-10H2,1-2H3,(H,18,19). The molecule has 0 spiro atoms. The molecule has 0 aliphatic heterocycles. The summed E-state index contributed by atoms with van der Waals surface area (Å²) in [6.45, 7) is 3.71. The summed E-state index contributed by atoms with van der Waals surface area (Å²) >= 11 is 0. The number of carbonyl (C=O) groups is 1. The molecule has 1 amide bonds. The molecule has 19 heavy (non-hydrogen) atoms. The second-order valence-electron chi connectivity index (χ2n) is 7.59. The van der Waals surface area contributed by atoms with Crippen LogP contribution < -0.4 is 10.6 Å². The number of hydrogen-bond donors (Lipinski definition) is 2. The Bertz CT molecular complexity index is 317. The van der Waals surface area contributed by atoms with Gasteiger partial charge >= 0.3 is 0 Å². The van der Waals surface area contributed by atoms with Gasteiger partial charge in [0.1, 0.15) is 0 Å². The molecule has 0 aromatic rings. The maximum absolute atomic E-state index is 12.1. The van der Waals surface area contributed by atoms with Crippen LogP contribution in [0, 0.1) is 29.1 Å². The van der Waals surface area contributed by atoms with Crippen molar-refractivity contribution in [3.05, 3.63) is 0 Å². The van der Waals surface area contributed by atoms with Gasteiger partial charge < -0.3 is 10.6 Å². The predicted molar refractivity (Wildman–Crippen MR) is 76.7 cm³/mol. The molecule has 4 aliphatic rings. The average Bonchev–Trinajstić information content (AvgIpc) is 2.34. The fourth-order valence-electron chi connectivity index (χ4n) is 5.35. The highest BCUT2D eigenvalue weighted by atomic mass is 16.1. The maximum atomic E-state index is 12.1. The van der Waals surface area contributed by atoms with Gasteiger partial charge in [0.05, 0.1) is 0 Å². The van der Waals surface area contributed by atoms with Crippen LogP contribution >= 0.6 is 0 Å². The van der Waals surface area contributed by atoms with Crippen LogP contribution in [0.2, 0.25) is 0 Å². The summed E-state index contributed by atoms with van der Waals surface area (Å²) < 4.78 is 0. The van der Waals surface area contributed by atoms with Crippen molar-refractivity contribution < 1.29 is 4.79 Å². The van der Waals surface area contributed by atoms with E-state index in [1.54, 1.807) is 0 Å². The topological polar surface area (TPSA) is 41.1 Å². The van der Waals surface area contributed by atoms with Crippen LogP contribution in [0.15, 0.2) is 0 Å². The van der Waals surface area contributed by atoms with Gasteiger partial charge in [0.2, 0.25) is 5.91 Å². The van der Waals surface area contributed by atoms with Crippen molar-refractivity contribution >= 4 is 5.91 Å². The molecule has 4 bridgehead atoms. The van der Waals surface area contributed by atoms with Crippen LogP contribution in [0.4, 0.5) is 0 Å². The highest BCUT2D eigenvalue weighted by molar-refractivity contribution is 5.78. The lowest BCUT2D eigenvalue weighted by atomic mass is 9.49. The van der Waals surface area contributed by atoms with Crippen molar-refractivity contribution in [1.29, 1.82) is 0 Å². The highest BCUT2D eigenvalue weighted by Gasteiger charge is 2.50. The minimum absolute atomic E-state index is 0.0823. The molecular formula is C16H28N2O. The lowest BCUT2D eigenvalue weighted by Gasteiger charge is -2.57. The summed E-state index contributed by atoms with van der Waals surface area (Å²) in [5.41, 5.74) is 0.462. The molecule has 0 heterocycles. The number of nitrogens with one attached hydrogen (secondary N) is 2. The van der Waals surface area contributed by atoms with Gasteiger partial charge in [-0.15, -0.1) is 0 Å². The Labute approximate surface area is 116 Å². The summed E-state index contributed by atoms with van der Waals surface area (Å²) in [5, 5.41) is 6.33. The van der Waals surface area contributed by atoms with Gasteiger partial charge in [0, 0.05) is 19.0 Å². The normalized spacial score (nSPS) is 41.3. The Hall–Kier alpha value is -0.570. The van der Waals surface area contributed by atoms with Crippen LogP contribution in [0.1, 0.15) is 45.4 Å². The van der Waals surface area contributed by atoms with Gasteiger partial charge in [-0.2, -0.15) is 0 Å². The van der Waals surface area contributed by atoms with E-state index >= 15 is 0 Å². The molecule has 4 aliphatic carbocycles. The van der Waals surface area contributed by atoms with E-state index in [0.717, 1.165) is 30.8 Å². The molecule has 0 aromatic carbocycles. The molecule has 108 valence electrons. The van der Waals surface area contributed by atoms with Crippen LogP contribution in [-0.4, -0.2) is 26.0 Å². The van der Waals surface area contributed by atoms with E-state index in [4.69, 9.17) is 0 Å². The van der Waals surface area contributed by atoms with E-state index in [9.17, 15) is 4.79 Å². The molecule has 4 saturated carbocycles. The minimum atomic E-state index is 0.0823. The highest BCUT2D eigenvalue weighted by Crippen LogP contribution is 2.59. The van der Waals surface area contributed by atoms with Gasteiger partial charge in [-0.05, 0) is 68.7 Å². The Morgan fingerprint density at radius 1 is 1.16 bits per heavy atom. The lowest BCUT2D eigenvalue weighted by molar-refractivity contribution is -0.126. The third kappa shape index (κ3) is 2.67. The minimum Gasteiger partial charge on any atom is -0.355 e. The summed E-state index contributed by atoms with van der Waals surface area (Å²) in [5.74, 6) is 3.22. The Balaban J connectivity index is 1.56. The molecule has 0 saturated heterocycles. The van der Waals surface area contributed by atoms with Gasteiger partial charge in [0.25, 0.3) is 0 Å². The second-order valence-corrected chi connectivity index (χ2v) is 7.59. The SMILES string of the molecule is CNCC(C)C(=O)NCC12CC3CC(CC(C3)C1)C2. The number of rotatable bonds is 5. The third-order valence-electron chi connectivity index (χ3n) is 5.76. The first-order valence-corrected chi connectivity index (χ1v) is 8.02. The molecule has 0 radical (unpaired) electrons. The predicted octanol–water partition coefficient (Wildman–Crippen LogP) is 2.17. The Morgan fingerprint density at radius 2 is 1.68 bits per heavy atom. The fourth-order valence-corrected chi connectivity index (χ4v) is 5.35. The molecule has 3 heteroatoms. The molecule has 1 atom stereocenters. The Kier molecular flexibility index (Phi) is 3.59. The maximum Gasteiger partial charge on any atom is 0.224 e. The fraction of sp³-hybridized carbons (Fsp3) is 0.938. The molecule has 4 rings (SSSR count). The zero-order valence-electron chi connectivity index (χ0n) is 12.4. The zero-order chi connectivity index (χ0) is 13.5. The van der Waals surface area contributed by atoms with Crippen molar-refractivity contribution in [2.24, 2.45) is 29.1 Å². The quantitative estimate of drug-likeness (QED) is 0.799. The van der Waals surface area contributed by atoms with E-state index < -0.39 is 0 Å². The first-order valence-electron chi connectivity index (χ1n) is 8.02. The van der Waals surface area contributed by atoms with E-state index in [-0.39, 0.29) is 11.8 Å². The Morgan fingerprint density at radius 3 is 2.16 bits per heavy atom. The smallest absolute Gasteiger partial charge is 0.224 e. The van der Waals surface area contributed by atoms with Crippen molar-refractivity contribution in [1.82, 2.24) is 10.6 Å². The lowest BCUT2D eigenvalue weighted by Crippen LogP contribution is -2.51. The van der Waals surface area contributed by atoms with Crippen molar-refractivity contribution in [2.75, 3.05) is 20.1 Å². The van der Waals surface area contributed by atoms with E-state index in [2.05, 4.69) is 10.6 Å². The molecule has 3 nitrogen and oxygen atoms in total. The van der Waals surface area contributed by atoms with Crippen molar-refractivity contribution in [3.63, 3.8) is 0 Å². The molecule has 2 N–H and O–H groups in total. The van der Waals surface area contributed by atoms with Crippen LogP contribution in [0.25, 0.3) is 0 Å².